The van der Waals surface area contributed by atoms with Crippen molar-refractivity contribution >= 4 is 15.9 Å². The van der Waals surface area contributed by atoms with Gasteiger partial charge in [-0.25, -0.2) is 8.42 Å². The zero-order valence-corrected chi connectivity index (χ0v) is 15.7. The Hall–Kier alpha value is -2.38. The maximum atomic E-state index is 12.9. The first kappa shape index (κ1) is 18.4. The van der Waals surface area contributed by atoms with E-state index in [1.807, 2.05) is 13.0 Å². The highest BCUT2D eigenvalue weighted by atomic mass is 32.2. The normalized spacial score (nSPS) is 15.8. The van der Waals surface area contributed by atoms with Gasteiger partial charge in [-0.3, -0.25) is 4.79 Å². The van der Waals surface area contributed by atoms with Crippen LogP contribution < -0.4 is 0 Å². The number of piperazine rings is 1. The molecule has 0 bridgehead atoms. The molecule has 6 nitrogen and oxygen atoms in total. The molecule has 0 aromatic heterocycles. The molecule has 1 amide bonds. The third-order valence-corrected chi connectivity index (χ3v) is 6.66. The predicted octanol–water partition coefficient (Wildman–Crippen LogP) is 2.16. The van der Waals surface area contributed by atoms with Crippen LogP contribution in [0, 0.1) is 13.8 Å². The van der Waals surface area contributed by atoms with Crippen LogP contribution in [0.1, 0.15) is 21.5 Å². The lowest BCUT2D eigenvalue weighted by Crippen LogP contribution is -2.50. The van der Waals surface area contributed by atoms with E-state index in [4.69, 9.17) is 0 Å². The number of benzene rings is 2. The first-order valence-electron chi connectivity index (χ1n) is 8.45. The van der Waals surface area contributed by atoms with E-state index in [-0.39, 0.29) is 43.4 Å². The highest BCUT2D eigenvalue weighted by Gasteiger charge is 2.31. The Balaban J connectivity index is 1.75. The van der Waals surface area contributed by atoms with Gasteiger partial charge in [-0.1, -0.05) is 24.3 Å². The SMILES string of the molecule is Cc1ccc(C)c(S(=O)(=O)N2CCN(C(=O)c3ccccc3O)CC2)c1. The number of nitrogens with zero attached hydrogens (tertiary/aromatic N) is 2. The van der Waals surface area contributed by atoms with E-state index in [1.165, 1.54) is 10.4 Å². The molecule has 138 valence electrons. The highest BCUT2D eigenvalue weighted by molar-refractivity contribution is 7.89. The second-order valence-electron chi connectivity index (χ2n) is 6.48. The van der Waals surface area contributed by atoms with Crippen LogP contribution in [0.5, 0.6) is 5.75 Å². The molecule has 26 heavy (non-hydrogen) atoms. The summed E-state index contributed by atoms with van der Waals surface area (Å²) < 4.78 is 27.3. The van der Waals surface area contributed by atoms with Crippen LogP contribution in [-0.4, -0.2) is 54.8 Å². The van der Waals surface area contributed by atoms with E-state index >= 15 is 0 Å². The molecule has 0 saturated carbocycles. The van der Waals surface area contributed by atoms with Gasteiger partial charge < -0.3 is 10.0 Å². The molecule has 1 fully saturated rings. The molecule has 1 aliphatic heterocycles. The molecule has 1 saturated heterocycles. The van der Waals surface area contributed by atoms with Gasteiger partial charge in [0.2, 0.25) is 10.0 Å². The maximum Gasteiger partial charge on any atom is 0.257 e. The molecule has 2 aromatic rings. The third kappa shape index (κ3) is 3.45. The second-order valence-corrected chi connectivity index (χ2v) is 8.39. The number of rotatable bonds is 3. The van der Waals surface area contributed by atoms with E-state index in [9.17, 15) is 18.3 Å². The van der Waals surface area contributed by atoms with E-state index in [0.29, 0.717) is 10.5 Å². The molecule has 7 heteroatoms. The summed E-state index contributed by atoms with van der Waals surface area (Å²) in [6, 6.07) is 11.8. The smallest absolute Gasteiger partial charge is 0.257 e. The topological polar surface area (TPSA) is 77.9 Å². The molecule has 1 N–H and O–H groups in total. The number of hydrogen-bond donors (Lipinski definition) is 1. The standard InChI is InChI=1S/C19H22N2O4S/c1-14-7-8-15(2)18(13-14)26(24,25)21-11-9-20(10-12-21)19(23)16-5-3-4-6-17(16)22/h3-8,13,22H,9-12H2,1-2H3. The Labute approximate surface area is 153 Å². The number of carbonyl (C=O) groups excluding carboxylic acids is 1. The third-order valence-electron chi connectivity index (χ3n) is 4.62. The minimum atomic E-state index is -3.59. The average molecular weight is 374 g/mol. The number of aromatic hydroxyl groups is 1. The number of phenols is 1. The fourth-order valence-corrected chi connectivity index (χ4v) is 4.81. The number of aryl methyl sites for hydroxylation is 2. The molecule has 0 radical (unpaired) electrons. The van der Waals surface area contributed by atoms with Crippen molar-refractivity contribution in [3.8, 4) is 5.75 Å². The molecular weight excluding hydrogens is 352 g/mol. The Bertz CT molecular complexity index is 932. The summed E-state index contributed by atoms with van der Waals surface area (Å²) in [6.07, 6.45) is 0. The van der Waals surface area contributed by atoms with Gasteiger partial charge in [-0.2, -0.15) is 4.31 Å². The van der Waals surface area contributed by atoms with Gasteiger partial charge in [0.1, 0.15) is 5.75 Å². The van der Waals surface area contributed by atoms with Crippen LogP contribution in [0.3, 0.4) is 0 Å². The first-order valence-corrected chi connectivity index (χ1v) is 9.89. The second kappa shape index (κ2) is 7.09. The van der Waals surface area contributed by atoms with Crippen LogP contribution in [0.2, 0.25) is 0 Å². The Morgan fingerprint density at radius 3 is 2.31 bits per heavy atom. The van der Waals surface area contributed by atoms with Gasteiger partial charge in [0.05, 0.1) is 10.5 Å². The first-order chi connectivity index (χ1) is 12.3. The van der Waals surface area contributed by atoms with Crippen molar-refractivity contribution in [2.24, 2.45) is 0 Å². The lowest BCUT2D eigenvalue weighted by Gasteiger charge is -2.34. The van der Waals surface area contributed by atoms with Gasteiger partial charge in [0.25, 0.3) is 5.91 Å². The summed E-state index contributed by atoms with van der Waals surface area (Å²) in [5.41, 5.74) is 1.84. The molecule has 3 rings (SSSR count). The van der Waals surface area contributed by atoms with Crippen molar-refractivity contribution in [2.75, 3.05) is 26.2 Å². The number of carbonyl (C=O) groups is 1. The molecule has 0 unspecified atom stereocenters. The zero-order chi connectivity index (χ0) is 18.9. The van der Waals surface area contributed by atoms with E-state index in [1.54, 1.807) is 42.2 Å². The Morgan fingerprint density at radius 1 is 1.00 bits per heavy atom. The average Bonchev–Trinajstić information content (AvgIpc) is 2.63. The quantitative estimate of drug-likeness (QED) is 0.893. The van der Waals surface area contributed by atoms with Gasteiger partial charge >= 0.3 is 0 Å². The zero-order valence-electron chi connectivity index (χ0n) is 14.8. The van der Waals surface area contributed by atoms with Crippen LogP contribution >= 0.6 is 0 Å². The molecule has 0 atom stereocenters. The summed E-state index contributed by atoms with van der Waals surface area (Å²) in [6.45, 7) is 4.68. The summed E-state index contributed by atoms with van der Waals surface area (Å²) >= 11 is 0. The van der Waals surface area contributed by atoms with Gasteiger partial charge in [-0.05, 0) is 43.2 Å². The molecule has 0 spiro atoms. The lowest BCUT2D eigenvalue weighted by molar-refractivity contribution is 0.0695. The van der Waals surface area contributed by atoms with Gasteiger partial charge in [-0.15, -0.1) is 0 Å². The largest absolute Gasteiger partial charge is 0.507 e. The number of para-hydroxylation sites is 1. The summed E-state index contributed by atoms with van der Waals surface area (Å²) in [5, 5.41) is 9.84. The van der Waals surface area contributed by atoms with E-state index in [0.717, 1.165) is 5.56 Å². The number of hydrogen-bond acceptors (Lipinski definition) is 4. The number of amides is 1. The fourth-order valence-electron chi connectivity index (χ4n) is 3.08. The molecule has 2 aromatic carbocycles. The maximum absolute atomic E-state index is 12.9. The van der Waals surface area contributed by atoms with Crippen molar-refractivity contribution in [1.29, 1.82) is 0 Å². The van der Waals surface area contributed by atoms with Crippen LogP contribution in [0.25, 0.3) is 0 Å². The van der Waals surface area contributed by atoms with Crippen molar-refractivity contribution in [2.45, 2.75) is 18.7 Å². The molecule has 0 aliphatic carbocycles. The molecule has 1 heterocycles. The van der Waals surface area contributed by atoms with E-state index in [2.05, 4.69) is 0 Å². The summed E-state index contributed by atoms with van der Waals surface area (Å²) in [4.78, 5) is 14.4. The predicted molar refractivity (Wildman–Crippen MR) is 98.7 cm³/mol. The van der Waals surface area contributed by atoms with Gasteiger partial charge in [0, 0.05) is 26.2 Å². The van der Waals surface area contributed by atoms with Crippen LogP contribution in [0.4, 0.5) is 0 Å². The number of phenolic OH excluding ortho intramolecular Hbond substituents is 1. The monoisotopic (exact) mass is 374 g/mol. The van der Waals surface area contributed by atoms with Crippen molar-refractivity contribution in [1.82, 2.24) is 9.21 Å². The highest BCUT2D eigenvalue weighted by Crippen LogP contribution is 2.24. The minimum Gasteiger partial charge on any atom is -0.507 e. The van der Waals surface area contributed by atoms with Crippen molar-refractivity contribution < 1.29 is 18.3 Å². The Kier molecular flexibility index (Phi) is 5.02. The van der Waals surface area contributed by atoms with Crippen molar-refractivity contribution in [3.63, 3.8) is 0 Å². The molecular formula is C19H22N2O4S. The number of sulfonamides is 1. The van der Waals surface area contributed by atoms with E-state index < -0.39 is 10.0 Å². The molecule has 1 aliphatic rings. The van der Waals surface area contributed by atoms with Gasteiger partial charge in [0.15, 0.2) is 0 Å². The van der Waals surface area contributed by atoms with Crippen LogP contribution in [-0.2, 0) is 10.0 Å². The summed E-state index contributed by atoms with van der Waals surface area (Å²) in [5.74, 6) is -0.352. The van der Waals surface area contributed by atoms with Crippen molar-refractivity contribution in [3.05, 3.63) is 59.2 Å². The fraction of sp³-hybridized carbons (Fsp3) is 0.316. The Morgan fingerprint density at radius 2 is 1.65 bits per heavy atom. The van der Waals surface area contributed by atoms with Crippen LogP contribution in [0.15, 0.2) is 47.4 Å². The minimum absolute atomic E-state index is 0.0667. The lowest BCUT2D eigenvalue weighted by atomic mass is 10.1. The summed E-state index contributed by atoms with van der Waals surface area (Å²) in [7, 11) is -3.59.